The summed E-state index contributed by atoms with van der Waals surface area (Å²) < 4.78 is 13.1. The van der Waals surface area contributed by atoms with Crippen LogP contribution in [0.2, 0.25) is 10.0 Å². The minimum absolute atomic E-state index is 0.133. The Labute approximate surface area is 229 Å². The fraction of sp³-hybridized carbons (Fsp3) is 0.125. The molecule has 3 aromatic carbocycles. The largest absolute Gasteiger partial charge is 0.490 e. The van der Waals surface area contributed by atoms with Crippen molar-refractivity contribution < 1.29 is 19.1 Å². The molecule has 0 unspecified atom stereocenters. The molecule has 3 rings (SSSR count). The highest BCUT2D eigenvalue weighted by Crippen LogP contribution is 2.38. The molecule has 0 aliphatic heterocycles. The first kappa shape index (κ1) is 27.0. The van der Waals surface area contributed by atoms with Crippen molar-refractivity contribution in [2.24, 2.45) is 5.10 Å². The average Bonchev–Trinajstić information content (AvgIpc) is 2.81. The number of anilines is 1. The van der Waals surface area contributed by atoms with Gasteiger partial charge in [-0.1, -0.05) is 45.2 Å². The molecular formula is C24H19Br2Cl2N3O4. The second kappa shape index (κ2) is 12.9. The summed E-state index contributed by atoms with van der Waals surface area (Å²) in [5, 5.41) is 7.34. The number of amides is 2. The molecule has 35 heavy (non-hydrogen) atoms. The smallest absolute Gasteiger partial charge is 0.329 e. The maximum atomic E-state index is 12.0. The Kier molecular flexibility index (Phi) is 9.97. The third kappa shape index (κ3) is 7.70. The number of hydrogen-bond donors (Lipinski definition) is 2. The molecule has 11 heteroatoms. The Hall–Kier alpha value is -2.59. The maximum Gasteiger partial charge on any atom is 0.329 e. The van der Waals surface area contributed by atoms with E-state index in [2.05, 4.69) is 47.7 Å². The molecule has 0 atom stereocenters. The number of ether oxygens (including phenoxy) is 2. The van der Waals surface area contributed by atoms with Gasteiger partial charge < -0.3 is 14.8 Å². The molecule has 0 aliphatic carbocycles. The van der Waals surface area contributed by atoms with E-state index in [4.69, 9.17) is 32.7 Å². The lowest BCUT2D eigenvalue weighted by Gasteiger charge is -2.15. The van der Waals surface area contributed by atoms with Gasteiger partial charge in [-0.05, 0) is 76.9 Å². The van der Waals surface area contributed by atoms with Gasteiger partial charge in [-0.3, -0.25) is 9.59 Å². The lowest BCUT2D eigenvalue weighted by Crippen LogP contribution is -2.32. The van der Waals surface area contributed by atoms with E-state index in [-0.39, 0.29) is 6.61 Å². The van der Waals surface area contributed by atoms with Crippen molar-refractivity contribution in [2.75, 3.05) is 11.9 Å². The van der Waals surface area contributed by atoms with Crippen molar-refractivity contribution in [3.8, 4) is 11.5 Å². The number of rotatable bonds is 8. The van der Waals surface area contributed by atoms with Gasteiger partial charge in [-0.2, -0.15) is 5.10 Å². The molecule has 0 heterocycles. The predicted octanol–water partition coefficient (Wildman–Crippen LogP) is 6.58. The van der Waals surface area contributed by atoms with E-state index >= 15 is 0 Å². The zero-order valence-electron chi connectivity index (χ0n) is 18.3. The molecule has 2 N–H and O–H groups in total. The Morgan fingerprint density at radius 1 is 1.00 bits per heavy atom. The van der Waals surface area contributed by atoms with Gasteiger partial charge >= 0.3 is 11.8 Å². The molecule has 0 aromatic heterocycles. The number of nitrogens with one attached hydrogen (secondary N) is 2. The molecule has 3 aromatic rings. The van der Waals surface area contributed by atoms with E-state index in [1.807, 2.05) is 6.92 Å². The van der Waals surface area contributed by atoms with Gasteiger partial charge in [-0.25, -0.2) is 5.43 Å². The van der Waals surface area contributed by atoms with Crippen molar-refractivity contribution in [1.82, 2.24) is 5.43 Å². The Bertz CT molecular complexity index is 1230. The van der Waals surface area contributed by atoms with Crippen molar-refractivity contribution in [1.29, 1.82) is 0 Å². The molecule has 0 spiro atoms. The van der Waals surface area contributed by atoms with Crippen LogP contribution in [-0.2, 0) is 16.2 Å². The van der Waals surface area contributed by atoms with Crippen LogP contribution < -0.4 is 20.2 Å². The molecular weight excluding hydrogens is 625 g/mol. The van der Waals surface area contributed by atoms with Crippen LogP contribution in [0.3, 0.4) is 0 Å². The van der Waals surface area contributed by atoms with Crippen LogP contribution in [0.15, 0.2) is 68.6 Å². The number of carbonyl (C=O) groups excluding carboxylic acids is 2. The Morgan fingerprint density at radius 3 is 2.34 bits per heavy atom. The second-order valence-corrected chi connectivity index (χ2v) is 9.50. The zero-order valence-corrected chi connectivity index (χ0v) is 23.0. The molecule has 0 saturated carbocycles. The molecule has 182 valence electrons. The van der Waals surface area contributed by atoms with Gasteiger partial charge in [0.1, 0.15) is 6.61 Å². The summed E-state index contributed by atoms with van der Waals surface area (Å²) in [4.78, 5) is 24.1. The average molecular weight is 644 g/mol. The van der Waals surface area contributed by atoms with Crippen LogP contribution in [0, 0.1) is 0 Å². The summed E-state index contributed by atoms with van der Waals surface area (Å²) in [5.41, 5.74) is 3.93. The fourth-order valence-corrected chi connectivity index (χ4v) is 4.16. The quantitative estimate of drug-likeness (QED) is 0.165. The molecule has 0 radical (unpaired) electrons. The summed E-state index contributed by atoms with van der Waals surface area (Å²) in [6.07, 6.45) is 1.38. The third-order valence-electron chi connectivity index (χ3n) is 4.44. The third-order valence-corrected chi connectivity index (χ3v) is 6.27. The van der Waals surface area contributed by atoms with E-state index in [1.54, 1.807) is 54.6 Å². The van der Waals surface area contributed by atoms with Crippen LogP contribution in [0.4, 0.5) is 5.69 Å². The van der Waals surface area contributed by atoms with Gasteiger partial charge in [0, 0.05) is 25.8 Å². The zero-order chi connectivity index (χ0) is 25.4. The van der Waals surface area contributed by atoms with Crippen molar-refractivity contribution in [3.05, 3.63) is 84.7 Å². The minimum Gasteiger partial charge on any atom is -0.490 e. The monoisotopic (exact) mass is 641 g/mol. The van der Waals surface area contributed by atoms with Crippen LogP contribution >= 0.6 is 55.1 Å². The highest BCUT2D eigenvalue weighted by Gasteiger charge is 2.15. The van der Waals surface area contributed by atoms with Gasteiger partial charge in [-0.15, -0.1) is 0 Å². The van der Waals surface area contributed by atoms with Crippen molar-refractivity contribution in [2.45, 2.75) is 13.5 Å². The van der Waals surface area contributed by atoms with Gasteiger partial charge in [0.05, 0.1) is 17.3 Å². The molecule has 2 amide bonds. The standard InChI is InChI=1S/C24H19Br2Cl2N3O4/c1-2-34-21-11-14(10-18(26)22(21)35-13-17-19(27)4-3-5-20(17)28)12-29-31-24(33)23(32)30-16-8-6-15(25)7-9-16/h3-12H,2,13H2,1H3,(H,30,32)(H,31,33). The number of hydrazone groups is 1. The normalized spacial score (nSPS) is 10.8. The summed E-state index contributed by atoms with van der Waals surface area (Å²) >= 11 is 19.2. The Balaban J connectivity index is 1.67. The van der Waals surface area contributed by atoms with Gasteiger partial charge in [0.15, 0.2) is 11.5 Å². The van der Waals surface area contributed by atoms with Crippen LogP contribution in [0.5, 0.6) is 11.5 Å². The number of hydrogen-bond acceptors (Lipinski definition) is 5. The predicted molar refractivity (Wildman–Crippen MR) is 145 cm³/mol. The van der Waals surface area contributed by atoms with Crippen molar-refractivity contribution >= 4 is 78.8 Å². The first-order valence-corrected chi connectivity index (χ1v) is 12.5. The summed E-state index contributed by atoms with van der Waals surface area (Å²) in [6, 6.07) is 15.5. The van der Waals surface area contributed by atoms with E-state index in [9.17, 15) is 9.59 Å². The number of benzene rings is 3. The summed E-state index contributed by atoms with van der Waals surface area (Å²) in [7, 11) is 0. The number of halogens is 4. The topological polar surface area (TPSA) is 89.0 Å². The van der Waals surface area contributed by atoms with E-state index in [0.717, 1.165) is 4.47 Å². The molecule has 0 aliphatic rings. The number of nitrogens with zero attached hydrogens (tertiary/aromatic N) is 1. The first-order chi connectivity index (χ1) is 16.8. The summed E-state index contributed by atoms with van der Waals surface area (Å²) in [6.45, 7) is 2.37. The first-order valence-electron chi connectivity index (χ1n) is 10.2. The molecule has 0 saturated heterocycles. The second-order valence-electron chi connectivity index (χ2n) is 6.91. The van der Waals surface area contributed by atoms with Gasteiger partial charge in [0.25, 0.3) is 0 Å². The lowest BCUT2D eigenvalue weighted by atomic mass is 10.2. The number of carbonyl (C=O) groups is 2. The molecule has 7 nitrogen and oxygen atoms in total. The highest BCUT2D eigenvalue weighted by atomic mass is 79.9. The highest BCUT2D eigenvalue weighted by molar-refractivity contribution is 9.10. The van der Waals surface area contributed by atoms with E-state index < -0.39 is 11.8 Å². The Morgan fingerprint density at radius 2 is 1.69 bits per heavy atom. The van der Waals surface area contributed by atoms with E-state index in [0.29, 0.717) is 49.4 Å². The van der Waals surface area contributed by atoms with Crippen LogP contribution in [-0.4, -0.2) is 24.6 Å². The van der Waals surface area contributed by atoms with Crippen molar-refractivity contribution in [3.63, 3.8) is 0 Å². The van der Waals surface area contributed by atoms with Crippen LogP contribution in [0.1, 0.15) is 18.1 Å². The summed E-state index contributed by atoms with van der Waals surface area (Å²) in [5.74, 6) is -0.851. The fourth-order valence-electron chi connectivity index (χ4n) is 2.82. The molecule has 0 fully saturated rings. The minimum atomic E-state index is -0.912. The van der Waals surface area contributed by atoms with Gasteiger partial charge in [0.2, 0.25) is 0 Å². The van der Waals surface area contributed by atoms with Crippen LogP contribution in [0.25, 0.3) is 0 Å². The molecule has 0 bridgehead atoms. The maximum absolute atomic E-state index is 12.0. The lowest BCUT2D eigenvalue weighted by molar-refractivity contribution is -0.136. The SMILES string of the molecule is CCOc1cc(C=NNC(=O)C(=O)Nc2ccc(Br)cc2)cc(Br)c1OCc1c(Cl)cccc1Cl. The van der Waals surface area contributed by atoms with E-state index in [1.165, 1.54) is 6.21 Å².